The number of anilines is 1. The van der Waals surface area contributed by atoms with Gasteiger partial charge in [0.1, 0.15) is 29.7 Å². The molecule has 4 aromatic rings. The number of terminal acetylenes is 1. The van der Waals surface area contributed by atoms with Crippen LogP contribution in [0.25, 0.3) is 32.9 Å². The second kappa shape index (κ2) is 9.63. The van der Waals surface area contributed by atoms with Crippen LogP contribution in [0.5, 0.6) is 6.01 Å². The number of carbonyl (C=O) groups excluding carboxylic acids is 1. The van der Waals surface area contributed by atoms with Crippen molar-refractivity contribution < 1.29 is 18.7 Å². The number of pyridine rings is 1. The number of hydrogen-bond acceptors (Lipinski definition) is 8. The molecular formula is C33H30FN5O3. The average molecular weight is 564 g/mol. The van der Waals surface area contributed by atoms with Crippen molar-refractivity contribution in [3.63, 3.8) is 0 Å². The van der Waals surface area contributed by atoms with Crippen LogP contribution in [0.1, 0.15) is 37.7 Å². The van der Waals surface area contributed by atoms with Crippen molar-refractivity contribution in [1.29, 1.82) is 0 Å². The molecule has 4 fully saturated rings. The van der Waals surface area contributed by atoms with Gasteiger partial charge in [0.05, 0.1) is 23.4 Å². The first-order chi connectivity index (χ1) is 20.5. The van der Waals surface area contributed by atoms with Gasteiger partial charge in [0.15, 0.2) is 5.82 Å². The fraction of sp³-hybridized carbons (Fsp3) is 0.394. The molecule has 0 unspecified atom stereocenters. The van der Waals surface area contributed by atoms with Crippen LogP contribution in [0.15, 0.2) is 42.6 Å². The van der Waals surface area contributed by atoms with E-state index < -0.39 is 5.82 Å². The molecule has 2 aromatic carbocycles. The lowest BCUT2D eigenvalue weighted by molar-refractivity contribution is -0.185. The lowest BCUT2D eigenvalue weighted by atomic mass is 9.89. The molecule has 0 spiro atoms. The van der Waals surface area contributed by atoms with Gasteiger partial charge in [-0.05, 0) is 56.6 Å². The van der Waals surface area contributed by atoms with Gasteiger partial charge < -0.3 is 14.4 Å². The predicted molar refractivity (Wildman–Crippen MR) is 157 cm³/mol. The van der Waals surface area contributed by atoms with Crippen molar-refractivity contribution in [2.24, 2.45) is 5.92 Å². The zero-order chi connectivity index (χ0) is 28.4. The summed E-state index contributed by atoms with van der Waals surface area (Å²) < 4.78 is 28.4. The maximum absolute atomic E-state index is 16.6. The Kier molecular flexibility index (Phi) is 5.83. The number of aromatic nitrogens is 3. The molecule has 42 heavy (non-hydrogen) atoms. The Morgan fingerprint density at radius 2 is 1.93 bits per heavy atom. The third-order valence-corrected chi connectivity index (χ3v) is 9.67. The van der Waals surface area contributed by atoms with E-state index in [4.69, 9.17) is 20.9 Å². The molecule has 2 atom stereocenters. The summed E-state index contributed by atoms with van der Waals surface area (Å²) in [7, 11) is 0. The summed E-state index contributed by atoms with van der Waals surface area (Å²) in [6.45, 7) is 3.71. The van der Waals surface area contributed by atoms with E-state index >= 15 is 4.39 Å². The standard InChI is InChI=1S/C33H30FN5O3/c1-2-20-7-3-8-21-9-4-10-23(26(20)21)28-27(34)29-24(17-35-28)30(38-16-11-22-25(18-38)42-31(22)40)37-32(36-29)41-19-33-12-5-14-39(33)15-6-13-33/h1,3-4,7-10,17,22,25H,5-6,11-16,18-19H2/t22-,25+/m1/s1. The molecule has 2 aromatic heterocycles. The number of nitrogens with zero attached hydrogens (tertiary/aromatic N) is 5. The van der Waals surface area contributed by atoms with Crippen molar-refractivity contribution in [2.45, 2.75) is 43.7 Å². The second-order valence-corrected chi connectivity index (χ2v) is 11.9. The molecule has 8 nitrogen and oxygen atoms in total. The van der Waals surface area contributed by atoms with Gasteiger partial charge in [-0.25, -0.2) is 4.39 Å². The fourth-order valence-electron chi connectivity index (χ4n) is 7.50. The zero-order valence-electron chi connectivity index (χ0n) is 23.2. The molecule has 8 rings (SSSR count). The third kappa shape index (κ3) is 3.85. The highest BCUT2D eigenvalue weighted by atomic mass is 19.1. The molecular weight excluding hydrogens is 533 g/mol. The Morgan fingerprint density at radius 1 is 1.12 bits per heavy atom. The maximum atomic E-state index is 16.6. The van der Waals surface area contributed by atoms with Gasteiger partial charge in [-0.1, -0.05) is 36.3 Å². The van der Waals surface area contributed by atoms with Crippen LogP contribution in [0.4, 0.5) is 10.2 Å². The Morgan fingerprint density at radius 3 is 2.69 bits per heavy atom. The highest BCUT2D eigenvalue weighted by Gasteiger charge is 2.47. The molecule has 4 aliphatic heterocycles. The van der Waals surface area contributed by atoms with Crippen LogP contribution < -0.4 is 9.64 Å². The summed E-state index contributed by atoms with van der Waals surface area (Å²) in [5.74, 6) is 2.50. The van der Waals surface area contributed by atoms with Crippen LogP contribution >= 0.6 is 0 Å². The van der Waals surface area contributed by atoms with Gasteiger partial charge in [-0.3, -0.25) is 14.7 Å². The normalized spacial score (nSPS) is 22.9. The smallest absolute Gasteiger partial charge is 0.319 e. The number of halogens is 1. The van der Waals surface area contributed by atoms with E-state index in [2.05, 4.69) is 20.8 Å². The molecule has 0 bridgehead atoms. The first-order valence-corrected chi connectivity index (χ1v) is 14.7. The molecule has 4 aliphatic rings. The molecule has 4 saturated heterocycles. The Labute approximate surface area is 242 Å². The van der Waals surface area contributed by atoms with E-state index in [0.29, 0.717) is 48.4 Å². The minimum Gasteiger partial charge on any atom is -0.461 e. The Balaban J connectivity index is 1.25. The molecule has 0 radical (unpaired) electrons. The summed E-state index contributed by atoms with van der Waals surface area (Å²) in [5.41, 5.74) is 1.60. The molecule has 0 amide bonds. The molecule has 0 N–H and O–H groups in total. The number of hydrogen-bond donors (Lipinski definition) is 0. The monoisotopic (exact) mass is 563 g/mol. The number of fused-ring (bicyclic) bond motifs is 4. The van der Waals surface area contributed by atoms with Gasteiger partial charge in [-0.2, -0.15) is 9.97 Å². The lowest BCUT2D eigenvalue weighted by Crippen LogP contribution is -2.56. The van der Waals surface area contributed by atoms with Gasteiger partial charge in [0, 0.05) is 29.3 Å². The quantitative estimate of drug-likeness (QED) is 0.255. The predicted octanol–water partition coefficient (Wildman–Crippen LogP) is 4.72. The van der Waals surface area contributed by atoms with Crippen LogP contribution in [0.3, 0.4) is 0 Å². The van der Waals surface area contributed by atoms with E-state index in [0.717, 1.165) is 49.5 Å². The SMILES string of the molecule is C#Cc1cccc2cccc(-c3ncc4c(N5CC[C@H]6C(=O)O[C@H]6C5)nc(OCC56CCCN5CCC6)nc4c3F)c12. The van der Waals surface area contributed by atoms with E-state index in [1.807, 2.05) is 41.3 Å². The first-order valence-electron chi connectivity index (χ1n) is 14.7. The highest BCUT2D eigenvalue weighted by molar-refractivity contribution is 6.02. The van der Waals surface area contributed by atoms with Gasteiger partial charge in [-0.15, -0.1) is 6.42 Å². The molecule has 212 valence electrons. The topological polar surface area (TPSA) is 80.7 Å². The number of benzene rings is 2. The van der Waals surface area contributed by atoms with Crippen molar-refractivity contribution in [2.75, 3.05) is 37.7 Å². The van der Waals surface area contributed by atoms with E-state index in [1.165, 1.54) is 0 Å². The van der Waals surface area contributed by atoms with E-state index in [9.17, 15) is 4.79 Å². The van der Waals surface area contributed by atoms with Gasteiger partial charge >= 0.3 is 12.0 Å². The van der Waals surface area contributed by atoms with Crippen LogP contribution in [0, 0.1) is 24.1 Å². The zero-order valence-corrected chi connectivity index (χ0v) is 23.2. The number of esters is 1. The third-order valence-electron chi connectivity index (χ3n) is 9.67. The summed E-state index contributed by atoms with van der Waals surface area (Å²) in [5, 5.41) is 2.17. The Hall–Kier alpha value is -4.29. The maximum Gasteiger partial charge on any atom is 0.319 e. The van der Waals surface area contributed by atoms with Gasteiger partial charge in [0.2, 0.25) is 0 Å². The number of piperidine rings is 1. The first kappa shape index (κ1) is 25.4. The van der Waals surface area contributed by atoms with Crippen LogP contribution in [-0.4, -0.2) is 70.2 Å². The van der Waals surface area contributed by atoms with Crippen molar-refractivity contribution >= 4 is 33.5 Å². The molecule has 0 aliphatic carbocycles. The number of rotatable bonds is 5. The number of carbonyl (C=O) groups is 1. The van der Waals surface area contributed by atoms with Crippen LogP contribution in [0.2, 0.25) is 0 Å². The second-order valence-electron chi connectivity index (χ2n) is 11.9. The molecule has 0 saturated carbocycles. The summed E-state index contributed by atoms with van der Waals surface area (Å²) >= 11 is 0. The minimum absolute atomic E-state index is 0.00646. The van der Waals surface area contributed by atoms with Crippen LogP contribution in [-0.2, 0) is 9.53 Å². The average Bonchev–Trinajstić information content (AvgIpc) is 3.59. The van der Waals surface area contributed by atoms with Gasteiger partial charge in [0.25, 0.3) is 0 Å². The van der Waals surface area contributed by atoms with E-state index in [-0.39, 0.29) is 40.8 Å². The lowest BCUT2D eigenvalue weighted by Gasteiger charge is -2.43. The summed E-state index contributed by atoms with van der Waals surface area (Å²) in [4.78, 5) is 30.5. The van der Waals surface area contributed by atoms with Crippen molar-refractivity contribution in [3.8, 4) is 29.6 Å². The fourth-order valence-corrected chi connectivity index (χ4v) is 7.50. The van der Waals surface area contributed by atoms with Crippen molar-refractivity contribution in [3.05, 3.63) is 54.0 Å². The molecule has 9 heteroatoms. The van der Waals surface area contributed by atoms with Crippen molar-refractivity contribution in [1.82, 2.24) is 19.9 Å². The van der Waals surface area contributed by atoms with E-state index in [1.54, 1.807) is 6.20 Å². The largest absolute Gasteiger partial charge is 0.461 e. The Bertz CT molecular complexity index is 1790. The molecule has 6 heterocycles. The highest BCUT2D eigenvalue weighted by Crippen LogP contribution is 2.41. The summed E-state index contributed by atoms with van der Waals surface area (Å²) in [6, 6.07) is 11.5. The number of ether oxygens (including phenoxy) is 2. The summed E-state index contributed by atoms with van der Waals surface area (Å²) in [6.07, 6.45) is 12.4. The minimum atomic E-state index is -0.549.